The van der Waals surface area contributed by atoms with E-state index in [-0.39, 0.29) is 17.2 Å². The highest BCUT2D eigenvalue weighted by Gasteiger charge is 2.16. The molecule has 30 heavy (non-hydrogen) atoms. The van der Waals surface area contributed by atoms with Crippen LogP contribution in [-0.2, 0) is 4.79 Å². The van der Waals surface area contributed by atoms with Gasteiger partial charge in [-0.25, -0.2) is 4.98 Å². The largest absolute Gasteiger partial charge is 0.325 e. The van der Waals surface area contributed by atoms with Crippen LogP contribution in [0.1, 0.15) is 16.7 Å². The van der Waals surface area contributed by atoms with Crippen molar-refractivity contribution in [3.8, 4) is 5.69 Å². The summed E-state index contributed by atoms with van der Waals surface area (Å²) in [7, 11) is 0. The van der Waals surface area contributed by atoms with Crippen molar-refractivity contribution in [3.05, 3.63) is 81.0 Å². The summed E-state index contributed by atoms with van der Waals surface area (Å²) in [5.74, 6) is 0.0173. The molecule has 2 heterocycles. The molecular weight excluding hydrogens is 414 g/mol. The van der Waals surface area contributed by atoms with Gasteiger partial charge in [0.25, 0.3) is 5.56 Å². The first-order valence-electron chi connectivity index (χ1n) is 9.49. The van der Waals surface area contributed by atoms with Crippen molar-refractivity contribution in [1.82, 2.24) is 9.55 Å². The fourth-order valence-electron chi connectivity index (χ4n) is 3.25. The maximum Gasteiger partial charge on any atom is 0.276 e. The molecule has 0 saturated carbocycles. The van der Waals surface area contributed by atoms with Gasteiger partial charge in [0, 0.05) is 5.69 Å². The summed E-state index contributed by atoms with van der Waals surface area (Å²) >= 11 is 2.64. The number of thioether (sulfide) groups is 1. The summed E-state index contributed by atoms with van der Waals surface area (Å²) < 4.78 is 2.21. The van der Waals surface area contributed by atoms with Crippen molar-refractivity contribution < 1.29 is 4.79 Å². The lowest BCUT2D eigenvalue weighted by atomic mass is 10.1. The lowest BCUT2D eigenvalue weighted by Crippen LogP contribution is -2.22. The van der Waals surface area contributed by atoms with Gasteiger partial charge in [0.15, 0.2) is 5.16 Å². The lowest BCUT2D eigenvalue weighted by Gasteiger charge is -2.13. The molecule has 5 nitrogen and oxygen atoms in total. The molecule has 0 fully saturated rings. The van der Waals surface area contributed by atoms with Crippen LogP contribution < -0.4 is 10.9 Å². The van der Waals surface area contributed by atoms with Crippen LogP contribution in [-0.4, -0.2) is 21.2 Å². The van der Waals surface area contributed by atoms with E-state index in [1.165, 1.54) is 23.1 Å². The van der Waals surface area contributed by atoms with E-state index >= 15 is 0 Å². The van der Waals surface area contributed by atoms with Crippen molar-refractivity contribution in [2.45, 2.75) is 25.9 Å². The number of carbonyl (C=O) groups is 1. The Morgan fingerprint density at radius 2 is 1.90 bits per heavy atom. The minimum absolute atomic E-state index is 0.113. The number of anilines is 1. The van der Waals surface area contributed by atoms with E-state index in [0.29, 0.717) is 15.4 Å². The summed E-state index contributed by atoms with van der Waals surface area (Å²) in [5.41, 5.74) is 5.31. The van der Waals surface area contributed by atoms with Crippen molar-refractivity contribution in [2.75, 3.05) is 11.1 Å². The maximum atomic E-state index is 13.2. The molecule has 0 saturated heterocycles. The average Bonchev–Trinajstić information content (AvgIpc) is 3.17. The molecule has 2 aromatic heterocycles. The minimum Gasteiger partial charge on any atom is -0.325 e. The third-order valence-corrected chi connectivity index (χ3v) is 6.53. The standard InChI is InChI=1S/C23H21N3O2S2/c1-14-5-4-6-17(12-14)26-22(28)21-19(9-10-29-21)25-23(26)30-13-20(27)24-18-8-7-15(2)11-16(18)3/h4-12H,13H2,1-3H3,(H,24,27). The van der Waals surface area contributed by atoms with Gasteiger partial charge >= 0.3 is 0 Å². The Hall–Kier alpha value is -2.90. The first-order chi connectivity index (χ1) is 14.4. The number of rotatable bonds is 5. The summed E-state index contributed by atoms with van der Waals surface area (Å²) in [4.78, 5) is 30.4. The maximum absolute atomic E-state index is 13.2. The normalized spacial score (nSPS) is 11.0. The molecule has 0 aliphatic rings. The van der Waals surface area contributed by atoms with Crippen LogP contribution >= 0.6 is 23.1 Å². The molecule has 0 unspecified atom stereocenters. The van der Waals surface area contributed by atoms with Crippen molar-refractivity contribution in [2.24, 2.45) is 0 Å². The molecule has 4 aromatic rings. The smallest absolute Gasteiger partial charge is 0.276 e. The fraction of sp³-hybridized carbons (Fsp3) is 0.174. The second kappa shape index (κ2) is 8.45. The highest BCUT2D eigenvalue weighted by Crippen LogP contribution is 2.24. The Balaban J connectivity index is 1.64. The molecule has 0 bridgehead atoms. The predicted molar refractivity (Wildman–Crippen MR) is 125 cm³/mol. The molecule has 0 radical (unpaired) electrons. The molecule has 152 valence electrons. The molecule has 1 N–H and O–H groups in total. The number of aryl methyl sites for hydroxylation is 3. The van der Waals surface area contributed by atoms with Crippen molar-refractivity contribution >= 4 is 44.9 Å². The molecule has 1 amide bonds. The second-order valence-electron chi connectivity index (χ2n) is 7.16. The summed E-state index contributed by atoms with van der Waals surface area (Å²) in [5, 5.41) is 5.32. The molecule has 2 aromatic carbocycles. The number of carbonyl (C=O) groups excluding carboxylic acids is 1. The number of hydrogen-bond donors (Lipinski definition) is 1. The van der Waals surface area contributed by atoms with Gasteiger partial charge < -0.3 is 5.32 Å². The predicted octanol–water partition coefficient (Wildman–Crippen LogP) is 5.10. The van der Waals surface area contributed by atoms with Crippen LogP contribution in [0.25, 0.3) is 15.9 Å². The molecule has 0 aliphatic carbocycles. The first-order valence-corrected chi connectivity index (χ1v) is 11.4. The van der Waals surface area contributed by atoms with Gasteiger partial charge in [-0.15, -0.1) is 11.3 Å². The number of benzene rings is 2. The van der Waals surface area contributed by atoms with Crippen LogP contribution in [0.4, 0.5) is 5.69 Å². The number of hydrogen-bond acceptors (Lipinski definition) is 5. The van der Waals surface area contributed by atoms with E-state index in [1.54, 1.807) is 4.57 Å². The first kappa shape index (κ1) is 20.4. The van der Waals surface area contributed by atoms with Crippen LogP contribution in [0.15, 0.2) is 63.9 Å². The second-order valence-corrected chi connectivity index (χ2v) is 9.02. The monoisotopic (exact) mass is 435 g/mol. The van der Waals surface area contributed by atoms with Crippen LogP contribution in [0.5, 0.6) is 0 Å². The van der Waals surface area contributed by atoms with E-state index in [0.717, 1.165) is 28.1 Å². The van der Waals surface area contributed by atoms with Crippen LogP contribution in [0.3, 0.4) is 0 Å². The number of amides is 1. The average molecular weight is 436 g/mol. The zero-order chi connectivity index (χ0) is 21.3. The van der Waals surface area contributed by atoms with E-state index < -0.39 is 0 Å². The Morgan fingerprint density at radius 3 is 2.67 bits per heavy atom. The highest BCUT2D eigenvalue weighted by molar-refractivity contribution is 7.99. The third kappa shape index (κ3) is 4.17. The fourth-order valence-corrected chi connectivity index (χ4v) is 4.83. The number of fused-ring (bicyclic) bond motifs is 1. The van der Waals surface area contributed by atoms with Crippen LogP contribution in [0.2, 0.25) is 0 Å². The van der Waals surface area contributed by atoms with E-state index in [2.05, 4.69) is 10.3 Å². The number of thiophene rings is 1. The number of nitrogens with one attached hydrogen (secondary N) is 1. The molecule has 7 heteroatoms. The number of aromatic nitrogens is 2. The number of nitrogens with zero attached hydrogens (tertiary/aromatic N) is 2. The Kier molecular flexibility index (Phi) is 5.74. The molecule has 0 aliphatic heterocycles. The van der Waals surface area contributed by atoms with Crippen molar-refractivity contribution in [1.29, 1.82) is 0 Å². The topological polar surface area (TPSA) is 64.0 Å². The Labute approximate surface area is 182 Å². The summed E-state index contributed by atoms with van der Waals surface area (Å²) in [6.07, 6.45) is 0. The highest BCUT2D eigenvalue weighted by atomic mass is 32.2. The zero-order valence-electron chi connectivity index (χ0n) is 16.9. The SMILES string of the molecule is Cc1cccc(-n2c(SCC(=O)Nc3ccc(C)cc3C)nc3ccsc3c2=O)c1. The quantitative estimate of drug-likeness (QED) is 0.350. The van der Waals surface area contributed by atoms with Gasteiger partial charge in [-0.05, 0) is 61.5 Å². The Bertz CT molecular complexity index is 1310. The van der Waals surface area contributed by atoms with Gasteiger partial charge in [0.1, 0.15) is 4.70 Å². The molecule has 4 rings (SSSR count). The van der Waals surface area contributed by atoms with E-state index in [9.17, 15) is 9.59 Å². The lowest BCUT2D eigenvalue weighted by molar-refractivity contribution is -0.113. The van der Waals surface area contributed by atoms with Crippen LogP contribution in [0, 0.1) is 20.8 Å². The van der Waals surface area contributed by atoms with Gasteiger partial charge in [-0.3, -0.25) is 14.2 Å². The van der Waals surface area contributed by atoms with Gasteiger partial charge in [0.05, 0.1) is 17.0 Å². The zero-order valence-corrected chi connectivity index (χ0v) is 18.6. The van der Waals surface area contributed by atoms with E-state index in [4.69, 9.17) is 0 Å². The van der Waals surface area contributed by atoms with Crippen molar-refractivity contribution in [3.63, 3.8) is 0 Å². The molecule has 0 spiro atoms. The van der Waals surface area contributed by atoms with Gasteiger partial charge in [-0.2, -0.15) is 0 Å². The Morgan fingerprint density at radius 1 is 1.10 bits per heavy atom. The van der Waals surface area contributed by atoms with E-state index in [1.807, 2.05) is 74.7 Å². The van der Waals surface area contributed by atoms with Gasteiger partial charge in [-0.1, -0.05) is 41.6 Å². The third-order valence-electron chi connectivity index (χ3n) is 4.70. The minimum atomic E-state index is -0.137. The summed E-state index contributed by atoms with van der Waals surface area (Å²) in [6.45, 7) is 5.97. The molecular formula is C23H21N3O2S2. The van der Waals surface area contributed by atoms with Gasteiger partial charge in [0.2, 0.25) is 5.91 Å². The summed E-state index contributed by atoms with van der Waals surface area (Å²) in [6, 6.07) is 15.5. The molecule has 0 atom stereocenters.